The second kappa shape index (κ2) is 7.45. The van der Waals surface area contributed by atoms with Crippen molar-refractivity contribution in [1.82, 2.24) is 5.32 Å². The van der Waals surface area contributed by atoms with E-state index in [2.05, 4.69) is 35.8 Å². The van der Waals surface area contributed by atoms with Crippen molar-refractivity contribution in [3.05, 3.63) is 65.2 Å². The molecule has 2 aromatic rings. The number of rotatable bonds is 5. The van der Waals surface area contributed by atoms with Crippen LogP contribution in [0.2, 0.25) is 0 Å². The van der Waals surface area contributed by atoms with Gasteiger partial charge >= 0.3 is 6.03 Å². The summed E-state index contributed by atoms with van der Waals surface area (Å²) in [6.45, 7) is 3.13. The van der Waals surface area contributed by atoms with E-state index in [-0.39, 0.29) is 6.03 Å². The van der Waals surface area contributed by atoms with Crippen molar-refractivity contribution in [2.75, 3.05) is 11.9 Å². The Bertz CT molecular complexity index is 610. The number of benzene rings is 2. The van der Waals surface area contributed by atoms with Gasteiger partial charge in [0, 0.05) is 18.8 Å². The number of aryl methyl sites for hydroxylation is 1. The molecule has 2 amide bonds. The fourth-order valence-corrected chi connectivity index (χ4v) is 2.14. The van der Waals surface area contributed by atoms with Crippen molar-refractivity contribution in [2.24, 2.45) is 5.73 Å². The van der Waals surface area contributed by atoms with Crippen molar-refractivity contribution in [3.8, 4) is 0 Å². The van der Waals surface area contributed by atoms with E-state index in [4.69, 9.17) is 5.73 Å². The first-order valence-electron chi connectivity index (χ1n) is 7.07. The zero-order chi connectivity index (χ0) is 15.1. The third-order valence-corrected chi connectivity index (χ3v) is 3.20. The first-order chi connectivity index (χ1) is 10.2. The highest BCUT2D eigenvalue weighted by Gasteiger charge is 2.02. The summed E-state index contributed by atoms with van der Waals surface area (Å²) >= 11 is 0. The summed E-state index contributed by atoms with van der Waals surface area (Å²) in [5.41, 5.74) is 9.78. The lowest BCUT2D eigenvalue weighted by molar-refractivity contribution is 0.252. The lowest BCUT2D eigenvalue weighted by Crippen LogP contribution is -2.30. The van der Waals surface area contributed by atoms with E-state index in [9.17, 15) is 4.79 Å². The molecule has 0 bridgehead atoms. The molecule has 0 aromatic heterocycles. The van der Waals surface area contributed by atoms with Crippen LogP contribution in [0.4, 0.5) is 10.5 Å². The zero-order valence-electron chi connectivity index (χ0n) is 12.2. The van der Waals surface area contributed by atoms with Crippen LogP contribution in [0.3, 0.4) is 0 Å². The normalized spacial score (nSPS) is 10.2. The molecule has 0 aliphatic rings. The Kier molecular flexibility index (Phi) is 5.35. The zero-order valence-corrected chi connectivity index (χ0v) is 12.2. The van der Waals surface area contributed by atoms with Gasteiger partial charge in [-0.15, -0.1) is 0 Å². The Morgan fingerprint density at radius 1 is 1.10 bits per heavy atom. The smallest absolute Gasteiger partial charge is 0.319 e. The lowest BCUT2D eigenvalue weighted by Gasteiger charge is -2.09. The molecule has 0 unspecified atom stereocenters. The monoisotopic (exact) mass is 283 g/mol. The van der Waals surface area contributed by atoms with Crippen LogP contribution in [0.5, 0.6) is 0 Å². The highest BCUT2D eigenvalue weighted by Crippen LogP contribution is 2.09. The van der Waals surface area contributed by atoms with Gasteiger partial charge < -0.3 is 16.4 Å². The predicted octanol–water partition coefficient (Wildman–Crippen LogP) is 2.82. The second-order valence-corrected chi connectivity index (χ2v) is 5.02. The number of anilines is 1. The summed E-state index contributed by atoms with van der Waals surface area (Å²) in [7, 11) is 0. The van der Waals surface area contributed by atoms with Gasteiger partial charge in [0.15, 0.2) is 0 Å². The van der Waals surface area contributed by atoms with Gasteiger partial charge in [-0.25, -0.2) is 4.79 Å². The third-order valence-electron chi connectivity index (χ3n) is 3.20. The van der Waals surface area contributed by atoms with Crippen LogP contribution in [0.25, 0.3) is 0 Å². The minimum Gasteiger partial charge on any atom is -0.338 e. The minimum absolute atomic E-state index is 0.197. The molecule has 0 spiro atoms. The molecule has 4 N–H and O–H groups in total. The van der Waals surface area contributed by atoms with Crippen LogP contribution >= 0.6 is 0 Å². The van der Waals surface area contributed by atoms with Gasteiger partial charge in [-0.1, -0.05) is 42.0 Å². The SMILES string of the molecule is Cc1cccc(CCNC(=O)Nc2cccc(CN)c2)c1. The average Bonchev–Trinajstić information content (AvgIpc) is 2.47. The quantitative estimate of drug-likeness (QED) is 0.790. The van der Waals surface area contributed by atoms with Crippen LogP contribution in [0.15, 0.2) is 48.5 Å². The standard InChI is InChI=1S/C17H21N3O/c1-13-4-2-5-14(10-13)8-9-19-17(21)20-16-7-3-6-15(11-16)12-18/h2-7,10-11H,8-9,12,18H2,1H3,(H2,19,20,21). The van der Waals surface area contributed by atoms with Crippen LogP contribution in [0, 0.1) is 6.92 Å². The van der Waals surface area contributed by atoms with Crippen molar-refractivity contribution in [3.63, 3.8) is 0 Å². The lowest BCUT2D eigenvalue weighted by atomic mass is 10.1. The topological polar surface area (TPSA) is 67.2 Å². The van der Waals surface area contributed by atoms with E-state index in [1.807, 2.05) is 30.3 Å². The molecular weight excluding hydrogens is 262 g/mol. The molecule has 2 aromatic carbocycles. The maximum absolute atomic E-state index is 11.8. The predicted molar refractivity (Wildman–Crippen MR) is 86.2 cm³/mol. The number of nitrogens with one attached hydrogen (secondary N) is 2. The molecule has 110 valence electrons. The first-order valence-corrected chi connectivity index (χ1v) is 7.07. The number of hydrogen-bond donors (Lipinski definition) is 3. The Balaban J connectivity index is 1.79. The van der Waals surface area contributed by atoms with Gasteiger partial charge in [-0.2, -0.15) is 0 Å². The molecule has 2 rings (SSSR count). The third kappa shape index (κ3) is 4.93. The van der Waals surface area contributed by atoms with E-state index in [0.29, 0.717) is 13.1 Å². The van der Waals surface area contributed by atoms with E-state index < -0.39 is 0 Å². The molecule has 4 heteroatoms. The van der Waals surface area contributed by atoms with Gasteiger partial charge in [-0.3, -0.25) is 0 Å². The Morgan fingerprint density at radius 2 is 1.86 bits per heavy atom. The molecule has 4 nitrogen and oxygen atoms in total. The van der Waals surface area contributed by atoms with Crippen LogP contribution in [0.1, 0.15) is 16.7 Å². The summed E-state index contributed by atoms with van der Waals surface area (Å²) in [6.07, 6.45) is 0.817. The highest BCUT2D eigenvalue weighted by atomic mass is 16.2. The molecule has 0 fully saturated rings. The first kappa shape index (κ1) is 15.1. The summed E-state index contributed by atoms with van der Waals surface area (Å²) in [5.74, 6) is 0. The van der Waals surface area contributed by atoms with E-state index in [1.54, 1.807) is 0 Å². The highest BCUT2D eigenvalue weighted by molar-refractivity contribution is 5.89. The summed E-state index contributed by atoms with van der Waals surface area (Å²) < 4.78 is 0. The average molecular weight is 283 g/mol. The Morgan fingerprint density at radius 3 is 2.62 bits per heavy atom. The summed E-state index contributed by atoms with van der Waals surface area (Å²) in [5, 5.41) is 5.66. The van der Waals surface area contributed by atoms with E-state index in [1.165, 1.54) is 11.1 Å². The van der Waals surface area contributed by atoms with Gasteiger partial charge in [0.1, 0.15) is 0 Å². The van der Waals surface area contributed by atoms with Crippen molar-refractivity contribution in [1.29, 1.82) is 0 Å². The Hall–Kier alpha value is -2.33. The fraction of sp³-hybridized carbons (Fsp3) is 0.235. The van der Waals surface area contributed by atoms with Crippen LogP contribution in [-0.4, -0.2) is 12.6 Å². The number of urea groups is 1. The van der Waals surface area contributed by atoms with E-state index >= 15 is 0 Å². The summed E-state index contributed by atoms with van der Waals surface area (Å²) in [6, 6.07) is 15.6. The fourth-order valence-electron chi connectivity index (χ4n) is 2.14. The molecule has 0 aliphatic carbocycles. The number of amides is 2. The van der Waals surface area contributed by atoms with E-state index in [0.717, 1.165) is 17.7 Å². The second-order valence-electron chi connectivity index (χ2n) is 5.02. The maximum Gasteiger partial charge on any atom is 0.319 e. The summed E-state index contributed by atoms with van der Waals surface area (Å²) in [4.78, 5) is 11.8. The molecule has 0 aliphatic heterocycles. The Labute approximate surface area is 125 Å². The number of nitrogens with two attached hydrogens (primary N) is 1. The molecular formula is C17H21N3O. The molecule has 0 atom stereocenters. The van der Waals surface area contributed by atoms with Crippen molar-refractivity contribution < 1.29 is 4.79 Å². The largest absolute Gasteiger partial charge is 0.338 e. The molecule has 21 heavy (non-hydrogen) atoms. The van der Waals surface area contributed by atoms with Crippen LogP contribution < -0.4 is 16.4 Å². The number of carbonyl (C=O) groups is 1. The minimum atomic E-state index is -0.197. The van der Waals surface area contributed by atoms with Crippen molar-refractivity contribution >= 4 is 11.7 Å². The van der Waals surface area contributed by atoms with Gasteiger partial charge in [0.2, 0.25) is 0 Å². The molecule has 0 heterocycles. The van der Waals surface area contributed by atoms with Gasteiger partial charge in [0.25, 0.3) is 0 Å². The molecule has 0 saturated heterocycles. The molecule has 0 saturated carbocycles. The van der Waals surface area contributed by atoms with Crippen molar-refractivity contribution in [2.45, 2.75) is 19.9 Å². The number of carbonyl (C=O) groups excluding carboxylic acids is 1. The van der Waals surface area contributed by atoms with Gasteiger partial charge in [-0.05, 0) is 36.6 Å². The maximum atomic E-state index is 11.8. The van der Waals surface area contributed by atoms with Gasteiger partial charge in [0.05, 0.1) is 0 Å². The molecule has 0 radical (unpaired) electrons. The van der Waals surface area contributed by atoms with Crippen LogP contribution in [-0.2, 0) is 13.0 Å². The number of hydrogen-bond acceptors (Lipinski definition) is 2.